The fourth-order valence-electron chi connectivity index (χ4n) is 8.09. The molecule has 1 aromatic heterocycles. The first-order chi connectivity index (χ1) is 22.2. The van der Waals surface area contributed by atoms with Gasteiger partial charge in [-0.2, -0.15) is 0 Å². The van der Waals surface area contributed by atoms with E-state index in [1.807, 2.05) is 25.1 Å². The molecule has 47 heavy (non-hydrogen) atoms. The molecule has 1 aromatic carbocycles. The summed E-state index contributed by atoms with van der Waals surface area (Å²) in [6.45, 7) is 12.0. The minimum Gasteiger partial charge on any atom is -0.472 e. The van der Waals surface area contributed by atoms with Gasteiger partial charge in [0.25, 0.3) is 0 Å². The van der Waals surface area contributed by atoms with E-state index in [0.717, 1.165) is 5.56 Å². The Morgan fingerprint density at radius 3 is 2.38 bits per heavy atom. The van der Waals surface area contributed by atoms with Gasteiger partial charge in [-0.15, -0.1) is 0 Å². The average Bonchev–Trinajstić information content (AvgIpc) is 3.61. The van der Waals surface area contributed by atoms with E-state index in [1.54, 1.807) is 38.1 Å². The van der Waals surface area contributed by atoms with Gasteiger partial charge in [0.05, 0.1) is 24.4 Å². The quantitative estimate of drug-likeness (QED) is 0.144. The highest BCUT2D eigenvalue weighted by Crippen LogP contribution is 2.68. The van der Waals surface area contributed by atoms with Gasteiger partial charge in [0.15, 0.2) is 18.0 Å². The van der Waals surface area contributed by atoms with Gasteiger partial charge in [0.2, 0.25) is 0 Å². The van der Waals surface area contributed by atoms with E-state index in [9.17, 15) is 24.0 Å². The Hall–Kier alpha value is -4.35. The van der Waals surface area contributed by atoms with Crippen molar-refractivity contribution in [2.24, 2.45) is 16.7 Å². The number of ketones is 1. The number of furan rings is 1. The third-order valence-electron chi connectivity index (χ3n) is 10.5. The normalized spacial score (nSPS) is 37.6. The lowest BCUT2D eigenvalue weighted by atomic mass is 9.64. The van der Waals surface area contributed by atoms with Crippen LogP contribution in [0.5, 0.6) is 0 Å². The van der Waals surface area contributed by atoms with Gasteiger partial charge < -0.3 is 32.9 Å². The van der Waals surface area contributed by atoms with Crippen molar-refractivity contribution < 1.29 is 52.1 Å². The van der Waals surface area contributed by atoms with Crippen molar-refractivity contribution in [2.75, 3.05) is 0 Å². The van der Waals surface area contributed by atoms with Crippen LogP contribution in [-0.2, 0) is 47.7 Å². The number of Topliss-reactive ketones (excluding diaryl/α,β-unsaturated/α-hetero) is 1. The van der Waals surface area contributed by atoms with E-state index in [0.29, 0.717) is 17.4 Å². The summed E-state index contributed by atoms with van der Waals surface area (Å²) >= 11 is 0. The number of hydrogen-bond donors (Lipinski definition) is 0. The number of benzene rings is 1. The molecule has 4 aliphatic rings. The van der Waals surface area contributed by atoms with Gasteiger partial charge in [-0.3, -0.25) is 14.4 Å². The molecule has 3 aliphatic heterocycles. The summed E-state index contributed by atoms with van der Waals surface area (Å²) in [7, 11) is 0. The smallest absolute Gasteiger partial charge is 0.331 e. The second-order valence-electron chi connectivity index (χ2n) is 13.8. The van der Waals surface area contributed by atoms with Crippen molar-refractivity contribution in [3.05, 3.63) is 78.3 Å². The molecule has 0 radical (unpaired) electrons. The standard InChI is InChI=1S/C36H38O11/c1-20-24-16-34(5)30(23-14-15-42-19-23)45-27(40)17-36(20,34)47-32-28(43-21(2)38)31(44-26(39)13-12-22-10-8-7-9-11-22)33(3,4)46-25(18-37)35(32,6)29(24)41/h7-15,18-19,24-25,28,30-32H,1,16-17H2,2-6H3/t24-,25+,28-,30-,31+,32?,34-,35-,36-/m0/s1. The molecule has 2 aromatic rings. The Morgan fingerprint density at radius 1 is 1.02 bits per heavy atom. The Bertz CT molecular complexity index is 1640. The number of carbonyl (C=O) groups excluding carboxylic acids is 5. The van der Waals surface area contributed by atoms with Gasteiger partial charge in [-0.1, -0.05) is 43.8 Å². The molecule has 4 heterocycles. The van der Waals surface area contributed by atoms with E-state index in [-0.39, 0.29) is 12.8 Å². The first-order valence-electron chi connectivity index (χ1n) is 15.5. The molecule has 2 bridgehead atoms. The Kier molecular flexibility index (Phi) is 7.91. The molecule has 0 N–H and O–H groups in total. The van der Waals surface area contributed by atoms with Crippen molar-refractivity contribution in [3.63, 3.8) is 0 Å². The summed E-state index contributed by atoms with van der Waals surface area (Å²) in [5.74, 6) is -3.43. The van der Waals surface area contributed by atoms with Gasteiger partial charge in [-0.05, 0) is 50.5 Å². The highest BCUT2D eigenvalue weighted by atomic mass is 16.6. The molecule has 4 fully saturated rings. The van der Waals surface area contributed by atoms with E-state index in [4.69, 9.17) is 28.1 Å². The topological polar surface area (TPSA) is 145 Å². The molecule has 9 atom stereocenters. The zero-order chi connectivity index (χ0) is 33.9. The second-order valence-corrected chi connectivity index (χ2v) is 13.8. The van der Waals surface area contributed by atoms with Crippen molar-refractivity contribution in [3.8, 4) is 0 Å². The van der Waals surface area contributed by atoms with Crippen LogP contribution in [0.15, 0.2) is 71.6 Å². The van der Waals surface area contributed by atoms with Crippen LogP contribution in [0.3, 0.4) is 0 Å². The van der Waals surface area contributed by atoms with E-state index >= 15 is 0 Å². The lowest BCUT2D eigenvalue weighted by Gasteiger charge is -2.54. The average molecular weight is 647 g/mol. The minimum atomic E-state index is -1.76. The van der Waals surface area contributed by atoms with Crippen LogP contribution in [0.4, 0.5) is 0 Å². The maximum Gasteiger partial charge on any atom is 0.331 e. The summed E-state index contributed by atoms with van der Waals surface area (Å²) in [6, 6.07) is 10.8. The number of aldehydes is 1. The molecule has 1 spiro atoms. The van der Waals surface area contributed by atoms with Crippen molar-refractivity contribution in [1.82, 2.24) is 0 Å². The van der Waals surface area contributed by atoms with Gasteiger partial charge in [-0.25, -0.2) is 4.79 Å². The van der Waals surface area contributed by atoms with Crippen LogP contribution in [0, 0.1) is 16.7 Å². The molecule has 0 amide bonds. The third-order valence-corrected chi connectivity index (χ3v) is 10.5. The monoisotopic (exact) mass is 646 g/mol. The van der Waals surface area contributed by atoms with Crippen LogP contribution in [0.25, 0.3) is 6.08 Å². The molecule has 1 aliphatic carbocycles. The zero-order valence-corrected chi connectivity index (χ0v) is 26.9. The molecule has 248 valence electrons. The molecule has 1 saturated carbocycles. The lowest BCUT2D eigenvalue weighted by molar-refractivity contribution is -0.254. The Labute approximate surface area is 272 Å². The second kappa shape index (κ2) is 11.4. The van der Waals surface area contributed by atoms with Crippen molar-refractivity contribution >= 4 is 36.1 Å². The number of fused-ring (bicyclic) bond motifs is 2. The van der Waals surface area contributed by atoms with Crippen molar-refractivity contribution in [1.29, 1.82) is 0 Å². The summed E-state index contributed by atoms with van der Waals surface area (Å²) in [6.07, 6.45) is -0.397. The Balaban J connectivity index is 1.50. The van der Waals surface area contributed by atoms with Gasteiger partial charge >= 0.3 is 17.9 Å². The van der Waals surface area contributed by atoms with E-state index in [2.05, 4.69) is 6.58 Å². The van der Waals surface area contributed by atoms with Gasteiger partial charge in [0.1, 0.15) is 35.8 Å². The van der Waals surface area contributed by atoms with Crippen molar-refractivity contribution in [2.45, 2.75) is 89.2 Å². The zero-order valence-electron chi connectivity index (χ0n) is 26.9. The molecular weight excluding hydrogens is 608 g/mol. The molecule has 1 unspecified atom stereocenters. The summed E-state index contributed by atoms with van der Waals surface area (Å²) in [4.78, 5) is 67.3. The first-order valence-corrected chi connectivity index (χ1v) is 15.5. The molecule has 6 rings (SSSR count). The lowest BCUT2D eigenvalue weighted by Crippen LogP contribution is -2.64. The number of carbonyl (C=O) groups is 5. The first kappa shape index (κ1) is 32.6. The predicted molar refractivity (Wildman–Crippen MR) is 164 cm³/mol. The number of rotatable bonds is 6. The number of hydrogen-bond acceptors (Lipinski definition) is 11. The fourth-order valence-corrected chi connectivity index (χ4v) is 8.09. The van der Waals surface area contributed by atoms with E-state index < -0.39 is 82.2 Å². The maximum atomic E-state index is 14.9. The van der Waals surface area contributed by atoms with E-state index in [1.165, 1.54) is 32.4 Å². The highest BCUT2D eigenvalue weighted by molar-refractivity contribution is 5.95. The molecule has 11 nitrogen and oxygen atoms in total. The van der Waals surface area contributed by atoms with Crippen LogP contribution >= 0.6 is 0 Å². The molecular formula is C36H38O11. The minimum absolute atomic E-state index is 0.187. The summed E-state index contributed by atoms with van der Waals surface area (Å²) in [5, 5.41) is 0. The Morgan fingerprint density at radius 2 is 1.74 bits per heavy atom. The fraction of sp³-hybridized carbons (Fsp3) is 0.472. The van der Waals surface area contributed by atoms with Crippen LogP contribution in [0.2, 0.25) is 0 Å². The number of esters is 3. The maximum absolute atomic E-state index is 14.9. The van der Waals surface area contributed by atoms with Gasteiger partial charge in [0, 0.05) is 29.9 Å². The van der Waals surface area contributed by atoms with Crippen LogP contribution in [-0.4, -0.2) is 65.6 Å². The number of cyclic esters (lactones) is 1. The molecule has 11 heteroatoms. The SMILES string of the molecule is C=C1[C@@H]2C[C@@]3(C)[C@H](c4ccoc4)OC(=O)C[C@]13OC1[C@@H](OC(C)=O)[C@@H](OC(=O)C=Cc3ccccc3)C(C)(C)O[C@H](C=O)[C@@]1(C)C2=O. The largest absolute Gasteiger partial charge is 0.472 e. The summed E-state index contributed by atoms with van der Waals surface area (Å²) < 4.78 is 36.5. The molecule has 3 saturated heterocycles. The third kappa shape index (κ3) is 4.98. The van der Waals surface area contributed by atoms with Crippen LogP contribution < -0.4 is 0 Å². The highest BCUT2D eigenvalue weighted by Gasteiger charge is 2.75. The predicted octanol–water partition coefficient (Wildman–Crippen LogP) is 4.50. The number of ether oxygens (including phenoxy) is 5. The summed E-state index contributed by atoms with van der Waals surface area (Å²) in [5.41, 5.74) is -4.10. The van der Waals surface area contributed by atoms with Crippen LogP contribution in [0.1, 0.15) is 64.7 Å².